The van der Waals surface area contributed by atoms with E-state index in [-0.39, 0.29) is 24.3 Å². The van der Waals surface area contributed by atoms with E-state index in [0.717, 1.165) is 12.1 Å². The predicted octanol–water partition coefficient (Wildman–Crippen LogP) is 2.65. The molecule has 0 radical (unpaired) electrons. The molecule has 2 amide bonds. The first-order valence-corrected chi connectivity index (χ1v) is 6.50. The fourth-order valence-electron chi connectivity index (χ4n) is 2.26. The normalized spacial score (nSPS) is 19.5. The highest BCUT2D eigenvalue weighted by atomic mass is 19.4. The van der Waals surface area contributed by atoms with Crippen molar-refractivity contribution >= 4 is 17.5 Å². The van der Waals surface area contributed by atoms with E-state index in [2.05, 4.69) is 5.32 Å². The fraction of sp³-hybridized carbons (Fsp3) is 0.429. The summed E-state index contributed by atoms with van der Waals surface area (Å²) in [6, 6.07) is 3.41. The Kier molecular flexibility index (Phi) is 3.93. The zero-order valence-electron chi connectivity index (χ0n) is 11.6. The summed E-state index contributed by atoms with van der Waals surface area (Å²) in [5, 5.41) is 2.81. The van der Waals surface area contributed by atoms with Crippen LogP contribution >= 0.6 is 0 Å². The Morgan fingerprint density at radius 1 is 1.19 bits per heavy atom. The minimum atomic E-state index is -4.40. The number of halogens is 3. The summed E-state index contributed by atoms with van der Waals surface area (Å²) in [6.45, 7) is 3.46. The van der Waals surface area contributed by atoms with Gasteiger partial charge < -0.3 is 5.32 Å². The summed E-state index contributed by atoms with van der Waals surface area (Å²) in [6.07, 6.45) is -4.38. The third-order valence-electron chi connectivity index (χ3n) is 3.25. The molecule has 0 saturated carbocycles. The molecule has 4 nitrogen and oxygen atoms in total. The van der Waals surface area contributed by atoms with Crippen LogP contribution in [-0.2, 0) is 15.8 Å². The maximum atomic E-state index is 12.5. The van der Waals surface area contributed by atoms with Gasteiger partial charge in [0.1, 0.15) is 6.04 Å². The Bertz CT molecular complexity index is 552. The molecule has 1 saturated heterocycles. The van der Waals surface area contributed by atoms with Crippen LogP contribution in [0.1, 0.15) is 25.8 Å². The van der Waals surface area contributed by atoms with E-state index in [1.54, 1.807) is 13.8 Å². The molecule has 1 aliphatic heterocycles. The van der Waals surface area contributed by atoms with Crippen molar-refractivity contribution in [3.8, 4) is 0 Å². The van der Waals surface area contributed by atoms with Crippen LogP contribution in [0.2, 0.25) is 0 Å². The number of carbonyl (C=O) groups is 2. The van der Waals surface area contributed by atoms with Crippen LogP contribution < -0.4 is 5.32 Å². The van der Waals surface area contributed by atoms with E-state index in [1.165, 1.54) is 17.0 Å². The van der Waals surface area contributed by atoms with Crippen LogP contribution in [0.15, 0.2) is 24.3 Å². The second-order valence-corrected chi connectivity index (χ2v) is 5.17. The van der Waals surface area contributed by atoms with Crippen molar-refractivity contribution in [2.45, 2.75) is 38.5 Å². The molecule has 0 aliphatic carbocycles. The SMILES string of the molecule is CC(C)N1C(=O)CC(Nc2ccc(C(F)(F)F)cc2)C1=O. The van der Waals surface area contributed by atoms with Gasteiger partial charge in [0.2, 0.25) is 5.91 Å². The molecular formula is C14H15F3N2O2. The van der Waals surface area contributed by atoms with Crippen LogP contribution in [-0.4, -0.2) is 28.8 Å². The average molecular weight is 300 g/mol. The summed E-state index contributed by atoms with van der Waals surface area (Å²) >= 11 is 0. The number of anilines is 1. The minimum Gasteiger partial charge on any atom is -0.373 e. The summed E-state index contributed by atoms with van der Waals surface area (Å²) in [4.78, 5) is 24.9. The number of alkyl halides is 3. The number of benzene rings is 1. The highest BCUT2D eigenvalue weighted by Crippen LogP contribution is 2.30. The number of rotatable bonds is 3. The lowest BCUT2D eigenvalue weighted by molar-refractivity contribution is -0.140. The largest absolute Gasteiger partial charge is 0.416 e. The lowest BCUT2D eigenvalue weighted by Gasteiger charge is -2.19. The number of carbonyl (C=O) groups excluding carboxylic acids is 2. The number of nitrogens with one attached hydrogen (secondary N) is 1. The van der Waals surface area contributed by atoms with Crippen molar-refractivity contribution in [2.24, 2.45) is 0 Å². The average Bonchev–Trinajstić information content (AvgIpc) is 2.64. The molecule has 114 valence electrons. The van der Waals surface area contributed by atoms with Crippen molar-refractivity contribution in [1.29, 1.82) is 0 Å². The maximum absolute atomic E-state index is 12.5. The van der Waals surface area contributed by atoms with Crippen molar-refractivity contribution in [2.75, 3.05) is 5.32 Å². The van der Waals surface area contributed by atoms with Gasteiger partial charge in [-0.05, 0) is 38.1 Å². The molecule has 1 atom stereocenters. The first kappa shape index (κ1) is 15.3. The second kappa shape index (κ2) is 5.38. The number of amides is 2. The number of nitrogens with zero attached hydrogens (tertiary/aromatic N) is 1. The van der Waals surface area contributed by atoms with Crippen LogP contribution in [0.4, 0.5) is 18.9 Å². The van der Waals surface area contributed by atoms with Gasteiger partial charge in [-0.1, -0.05) is 0 Å². The van der Waals surface area contributed by atoms with E-state index in [1.807, 2.05) is 0 Å². The second-order valence-electron chi connectivity index (χ2n) is 5.17. The predicted molar refractivity (Wildman–Crippen MR) is 70.5 cm³/mol. The third kappa shape index (κ3) is 3.17. The van der Waals surface area contributed by atoms with Gasteiger partial charge in [-0.3, -0.25) is 14.5 Å². The van der Waals surface area contributed by atoms with Gasteiger partial charge in [0, 0.05) is 11.7 Å². The zero-order valence-corrected chi connectivity index (χ0v) is 11.6. The van der Waals surface area contributed by atoms with Crippen molar-refractivity contribution in [1.82, 2.24) is 4.90 Å². The molecule has 0 bridgehead atoms. The molecule has 0 spiro atoms. The van der Waals surface area contributed by atoms with E-state index in [9.17, 15) is 22.8 Å². The lowest BCUT2D eigenvalue weighted by atomic mass is 10.1. The first-order valence-electron chi connectivity index (χ1n) is 6.50. The van der Waals surface area contributed by atoms with Gasteiger partial charge in [0.25, 0.3) is 5.91 Å². The Labute approximate surface area is 119 Å². The fourth-order valence-corrected chi connectivity index (χ4v) is 2.26. The molecule has 21 heavy (non-hydrogen) atoms. The van der Waals surface area contributed by atoms with Crippen molar-refractivity contribution < 1.29 is 22.8 Å². The molecule has 1 aromatic rings. The molecule has 1 aliphatic rings. The third-order valence-corrected chi connectivity index (χ3v) is 3.25. The van der Waals surface area contributed by atoms with Gasteiger partial charge in [-0.25, -0.2) is 0 Å². The minimum absolute atomic E-state index is 0.0119. The molecule has 1 N–H and O–H groups in total. The Morgan fingerprint density at radius 3 is 2.19 bits per heavy atom. The Hall–Kier alpha value is -2.05. The van der Waals surface area contributed by atoms with E-state index in [4.69, 9.17) is 0 Å². The van der Waals surface area contributed by atoms with Crippen molar-refractivity contribution in [3.05, 3.63) is 29.8 Å². The van der Waals surface area contributed by atoms with E-state index >= 15 is 0 Å². The molecule has 7 heteroatoms. The number of likely N-dealkylation sites (tertiary alicyclic amines) is 1. The highest BCUT2D eigenvalue weighted by molar-refractivity contribution is 6.07. The zero-order chi connectivity index (χ0) is 15.8. The van der Waals surface area contributed by atoms with Gasteiger partial charge >= 0.3 is 6.18 Å². The van der Waals surface area contributed by atoms with E-state index in [0.29, 0.717) is 5.69 Å². The molecule has 1 heterocycles. The smallest absolute Gasteiger partial charge is 0.373 e. The molecule has 1 fully saturated rings. The highest BCUT2D eigenvalue weighted by Gasteiger charge is 2.40. The summed E-state index contributed by atoms with van der Waals surface area (Å²) < 4.78 is 37.4. The Balaban J connectivity index is 2.09. The Morgan fingerprint density at radius 2 is 1.76 bits per heavy atom. The molecule has 2 rings (SSSR count). The van der Waals surface area contributed by atoms with Crippen LogP contribution in [0, 0.1) is 0 Å². The van der Waals surface area contributed by atoms with Gasteiger partial charge in [0.05, 0.1) is 12.0 Å². The molecule has 0 aromatic heterocycles. The maximum Gasteiger partial charge on any atom is 0.416 e. The van der Waals surface area contributed by atoms with Crippen molar-refractivity contribution in [3.63, 3.8) is 0 Å². The quantitative estimate of drug-likeness (QED) is 0.873. The summed E-state index contributed by atoms with van der Waals surface area (Å²) in [5.41, 5.74) is -0.384. The molecule has 1 unspecified atom stereocenters. The van der Waals surface area contributed by atoms with Gasteiger partial charge in [-0.15, -0.1) is 0 Å². The lowest BCUT2D eigenvalue weighted by Crippen LogP contribution is -2.39. The summed E-state index contributed by atoms with van der Waals surface area (Å²) in [5.74, 6) is -0.630. The number of hydrogen-bond donors (Lipinski definition) is 1. The number of hydrogen-bond acceptors (Lipinski definition) is 3. The number of imide groups is 1. The van der Waals surface area contributed by atoms with Gasteiger partial charge in [-0.2, -0.15) is 13.2 Å². The monoisotopic (exact) mass is 300 g/mol. The van der Waals surface area contributed by atoms with Crippen LogP contribution in [0.3, 0.4) is 0 Å². The summed E-state index contributed by atoms with van der Waals surface area (Å²) in [7, 11) is 0. The molecular weight excluding hydrogens is 285 g/mol. The van der Waals surface area contributed by atoms with Crippen LogP contribution in [0.25, 0.3) is 0 Å². The first-order chi connectivity index (χ1) is 9.70. The van der Waals surface area contributed by atoms with E-state index < -0.39 is 17.8 Å². The topological polar surface area (TPSA) is 49.4 Å². The van der Waals surface area contributed by atoms with Gasteiger partial charge in [0.15, 0.2) is 0 Å². The van der Waals surface area contributed by atoms with Crippen LogP contribution in [0.5, 0.6) is 0 Å². The molecule has 1 aromatic carbocycles. The standard InChI is InChI=1S/C14H15F3N2O2/c1-8(2)19-12(20)7-11(13(19)21)18-10-5-3-9(4-6-10)14(15,16)17/h3-6,8,11,18H,7H2,1-2H3.